The molecule has 0 bridgehead atoms. The summed E-state index contributed by atoms with van der Waals surface area (Å²) in [4.78, 5) is 20.7. The topological polar surface area (TPSA) is 80.9 Å². The van der Waals surface area contributed by atoms with Crippen LogP contribution >= 0.6 is 27.7 Å². The van der Waals surface area contributed by atoms with E-state index in [0.29, 0.717) is 11.0 Å². The third-order valence-corrected chi connectivity index (χ3v) is 4.50. The second kappa shape index (κ2) is 7.11. The van der Waals surface area contributed by atoms with E-state index in [9.17, 15) is 4.79 Å². The molecule has 0 aliphatic carbocycles. The van der Waals surface area contributed by atoms with Crippen LogP contribution in [-0.2, 0) is 4.79 Å². The molecule has 1 aromatic carbocycles. The van der Waals surface area contributed by atoms with E-state index in [1.54, 1.807) is 6.07 Å². The third-order valence-electron chi connectivity index (χ3n) is 2.89. The molecule has 0 spiro atoms. The number of carbonyl (C=O) groups is 1. The Balaban J connectivity index is 2.05. The minimum Gasteiger partial charge on any atom is -0.384 e. The zero-order valence-corrected chi connectivity index (χ0v) is 15.0. The van der Waals surface area contributed by atoms with Gasteiger partial charge >= 0.3 is 0 Å². The molecule has 3 N–H and O–H groups in total. The number of thioether (sulfide) groups is 1. The minimum atomic E-state index is -0.339. The number of anilines is 2. The van der Waals surface area contributed by atoms with Crippen molar-refractivity contribution in [2.24, 2.45) is 0 Å². The maximum absolute atomic E-state index is 12.3. The van der Waals surface area contributed by atoms with Crippen molar-refractivity contribution >= 4 is 45.1 Å². The molecule has 0 fully saturated rings. The van der Waals surface area contributed by atoms with Crippen molar-refractivity contribution in [1.82, 2.24) is 9.97 Å². The van der Waals surface area contributed by atoms with Crippen LogP contribution in [0.4, 0.5) is 11.5 Å². The van der Waals surface area contributed by atoms with Gasteiger partial charge in [0, 0.05) is 16.2 Å². The number of nitrogens with two attached hydrogens (primary N) is 1. The SMILES string of the molecule is Cc1ccc(NC(=O)C(C)Sc2nc(C)cc(N)n2)c(Br)c1. The molecule has 1 aromatic heterocycles. The molecule has 0 saturated carbocycles. The molecular weight excluding hydrogens is 364 g/mol. The Bertz CT molecular complexity index is 688. The number of aryl methyl sites for hydroxylation is 2. The molecule has 116 valence electrons. The quantitative estimate of drug-likeness (QED) is 0.625. The molecule has 1 amide bonds. The van der Waals surface area contributed by atoms with Gasteiger partial charge in [0.2, 0.25) is 5.91 Å². The second-order valence-electron chi connectivity index (χ2n) is 4.95. The molecule has 1 unspecified atom stereocenters. The number of carbonyl (C=O) groups excluding carboxylic acids is 1. The van der Waals surface area contributed by atoms with Gasteiger partial charge in [0.15, 0.2) is 5.16 Å². The van der Waals surface area contributed by atoms with Crippen molar-refractivity contribution in [2.45, 2.75) is 31.2 Å². The zero-order chi connectivity index (χ0) is 16.3. The van der Waals surface area contributed by atoms with Crippen molar-refractivity contribution in [3.05, 3.63) is 40.0 Å². The lowest BCUT2D eigenvalue weighted by Gasteiger charge is -2.13. The van der Waals surface area contributed by atoms with Crippen LogP contribution < -0.4 is 11.1 Å². The van der Waals surface area contributed by atoms with Crippen molar-refractivity contribution in [3.8, 4) is 0 Å². The number of benzene rings is 1. The fraction of sp³-hybridized carbons (Fsp3) is 0.267. The van der Waals surface area contributed by atoms with E-state index in [4.69, 9.17) is 5.73 Å². The van der Waals surface area contributed by atoms with Gasteiger partial charge in [0.25, 0.3) is 0 Å². The molecule has 22 heavy (non-hydrogen) atoms. The summed E-state index contributed by atoms with van der Waals surface area (Å²) >= 11 is 4.73. The monoisotopic (exact) mass is 380 g/mol. The van der Waals surface area contributed by atoms with E-state index in [2.05, 4.69) is 31.2 Å². The van der Waals surface area contributed by atoms with E-state index in [1.165, 1.54) is 11.8 Å². The number of nitrogen functional groups attached to an aromatic ring is 1. The van der Waals surface area contributed by atoms with Gasteiger partial charge in [-0.1, -0.05) is 17.8 Å². The van der Waals surface area contributed by atoms with Gasteiger partial charge in [0.1, 0.15) is 5.82 Å². The first-order valence-electron chi connectivity index (χ1n) is 6.70. The summed E-state index contributed by atoms with van der Waals surface area (Å²) in [6, 6.07) is 7.47. The van der Waals surface area contributed by atoms with Crippen LogP contribution in [0, 0.1) is 13.8 Å². The molecule has 7 heteroatoms. The molecule has 1 atom stereocenters. The first-order chi connectivity index (χ1) is 10.3. The Hall–Kier alpha value is -1.60. The molecule has 0 aliphatic rings. The van der Waals surface area contributed by atoms with Gasteiger partial charge < -0.3 is 11.1 Å². The van der Waals surface area contributed by atoms with Crippen molar-refractivity contribution in [3.63, 3.8) is 0 Å². The highest BCUT2D eigenvalue weighted by Gasteiger charge is 2.17. The van der Waals surface area contributed by atoms with Crippen molar-refractivity contribution < 1.29 is 4.79 Å². The third kappa shape index (κ3) is 4.45. The van der Waals surface area contributed by atoms with Gasteiger partial charge in [0.05, 0.1) is 10.9 Å². The Kier molecular flexibility index (Phi) is 5.42. The Morgan fingerprint density at radius 1 is 1.32 bits per heavy atom. The average molecular weight is 381 g/mol. The van der Waals surface area contributed by atoms with Gasteiger partial charge in [-0.15, -0.1) is 0 Å². The highest BCUT2D eigenvalue weighted by Crippen LogP contribution is 2.26. The van der Waals surface area contributed by atoms with Crippen LogP contribution in [0.3, 0.4) is 0 Å². The first kappa shape index (κ1) is 16.8. The van der Waals surface area contributed by atoms with Gasteiger partial charge in [-0.2, -0.15) is 0 Å². The number of hydrogen-bond donors (Lipinski definition) is 2. The Labute approximate surface area is 142 Å². The van der Waals surface area contributed by atoms with Gasteiger partial charge in [-0.25, -0.2) is 9.97 Å². The van der Waals surface area contributed by atoms with E-state index in [-0.39, 0.29) is 11.2 Å². The maximum atomic E-state index is 12.3. The lowest BCUT2D eigenvalue weighted by Crippen LogP contribution is -2.23. The standard InChI is InChI=1S/C15H17BrN4OS/c1-8-4-5-12(11(16)6-8)19-14(21)10(3)22-15-18-9(2)7-13(17)20-15/h4-7,10H,1-3H3,(H,19,21)(H2,17,18,20). The smallest absolute Gasteiger partial charge is 0.237 e. The van der Waals surface area contributed by atoms with E-state index >= 15 is 0 Å². The molecule has 2 rings (SSSR count). The summed E-state index contributed by atoms with van der Waals surface area (Å²) in [6.45, 7) is 5.65. The maximum Gasteiger partial charge on any atom is 0.237 e. The lowest BCUT2D eigenvalue weighted by atomic mass is 10.2. The Morgan fingerprint density at radius 2 is 2.05 bits per heavy atom. The summed E-state index contributed by atoms with van der Waals surface area (Å²) in [5, 5.41) is 3.06. The molecule has 0 aliphatic heterocycles. The van der Waals surface area contributed by atoms with Crippen LogP contribution in [0.2, 0.25) is 0 Å². The molecule has 5 nitrogen and oxygen atoms in total. The molecule has 0 saturated heterocycles. The van der Waals surface area contributed by atoms with Gasteiger partial charge in [-0.05, 0) is 54.4 Å². The lowest BCUT2D eigenvalue weighted by molar-refractivity contribution is -0.115. The number of nitrogens with one attached hydrogen (secondary N) is 1. The first-order valence-corrected chi connectivity index (χ1v) is 8.37. The summed E-state index contributed by atoms with van der Waals surface area (Å²) in [5.74, 6) is 0.294. The molecular formula is C15H17BrN4OS. The Morgan fingerprint density at radius 3 is 2.68 bits per heavy atom. The average Bonchev–Trinajstić information content (AvgIpc) is 2.40. The fourth-order valence-electron chi connectivity index (χ4n) is 1.79. The molecule has 0 radical (unpaired) electrons. The second-order valence-corrected chi connectivity index (χ2v) is 7.11. The van der Waals surface area contributed by atoms with Gasteiger partial charge in [-0.3, -0.25) is 4.79 Å². The number of aromatic nitrogens is 2. The normalized spacial score (nSPS) is 12.0. The fourth-order valence-corrected chi connectivity index (χ4v) is 3.21. The van der Waals surface area contributed by atoms with Crippen LogP contribution in [0.5, 0.6) is 0 Å². The van der Waals surface area contributed by atoms with Crippen molar-refractivity contribution in [2.75, 3.05) is 11.1 Å². The van der Waals surface area contributed by atoms with E-state index in [1.807, 2.05) is 39.0 Å². The number of nitrogens with zero attached hydrogens (tertiary/aromatic N) is 2. The number of amides is 1. The minimum absolute atomic E-state index is 0.113. The number of halogens is 1. The number of hydrogen-bond acceptors (Lipinski definition) is 5. The van der Waals surface area contributed by atoms with Crippen LogP contribution in [0.15, 0.2) is 33.9 Å². The summed E-state index contributed by atoms with van der Waals surface area (Å²) in [5.41, 5.74) is 8.34. The summed E-state index contributed by atoms with van der Waals surface area (Å²) < 4.78 is 0.856. The zero-order valence-electron chi connectivity index (χ0n) is 12.6. The largest absolute Gasteiger partial charge is 0.384 e. The van der Waals surface area contributed by atoms with E-state index in [0.717, 1.165) is 21.4 Å². The van der Waals surface area contributed by atoms with Crippen LogP contribution in [-0.4, -0.2) is 21.1 Å². The predicted octanol–water partition coefficient (Wildman–Crippen LogP) is 3.56. The van der Waals surface area contributed by atoms with E-state index < -0.39 is 0 Å². The predicted molar refractivity (Wildman–Crippen MR) is 94.0 cm³/mol. The molecule has 1 heterocycles. The van der Waals surface area contributed by atoms with Crippen molar-refractivity contribution in [1.29, 1.82) is 0 Å². The summed E-state index contributed by atoms with van der Waals surface area (Å²) in [6.07, 6.45) is 0. The van der Waals surface area contributed by atoms with Crippen LogP contribution in [0.25, 0.3) is 0 Å². The summed E-state index contributed by atoms with van der Waals surface area (Å²) in [7, 11) is 0. The van der Waals surface area contributed by atoms with Crippen LogP contribution in [0.1, 0.15) is 18.2 Å². The molecule has 2 aromatic rings. The highest BCUT2D eigenvalue weighted by molar-refractivity contribution is 9.10. The highest BCUT2D eigenvalue weighted by atomic mass is 79.9. The number of rotatable bonds is 4.